The highest BCUT2D eigenvalue weighted by molar-refractivity contribution is 7.15. The van der Waals surface area contributed by atoms with Crippen molar-refractivity contribution in [2.24, 2.45) is 11.1 Å². The number of aryl methyl sites for hydroxylation is 2. The van der Waals surface area contributed by atoms with Gasteiger partial charge in [0.2, 0.25) is 5.91 Å². The van der Waals surface area contributed by atoms with E-state index in [-0.39, 0.29) is 11.3 Å². The summed E-state index contributed by atoms with van der Waals surface area (Å²) in [5, 5.41) is 3.71. The normalized spacial score (nSPS) is 18.3. The van der Waals surface area contributed by atoms with Gasteiger partial charge < -0.3 is 11.1 Å². The minimum absolute atomic E-state index is 0.0612. The Bertz CT molecular complexity index is 450. The van der Waals surface area contributed by atoms with Gasteiger partial charge in [0.15, 0.2) is 5.13 Å². The molecule has 3 N–H and O–H groups in total. The van der Waals surface area contributed by atoms with Gasteiger partial charge >= 0.3 is 0 Å². The van der Waals surface area contributed by atoms with Crippen LogP contribution in [0, 0.1) is 12.3 Å². The van der Waals surface area contributed by atoms with Crippen LogP contribution < -0.4 is 11.1 Å². The number of amides is 1. The molecule has 0 spiro atoms. The third kappa shape index (κ3) is 2.98. The molecular formula is C14H23N3OS. The van der Waals surface area contributed by atoms with Crippen molar-refractivity contribution in [3.8, 4) is 0 Å². The predicted octanol–water partition coefficient (Wildman–Crippen LogP) is 2.86. The number of anilines is 1. The highest BCUT2D eigenvalue weighted by atomic mass is 32.1. The number of thiazole rings is 1. The zero-order valence-electron chi connectivity index (χ0n) is 11.8. The van der Waals surface area contributed by atoms with Crippen molar-refractivity contribution < 1.29 is 4.79 Å². The second kappa shape index (κ2) is 6.01. The molecule has 1 aromatic rings. The van der Waals surface area contributed by atoms with Crippen molar-refractivity contribution >= 4 is 22.4 Å². The minimum atomic E-state index is -0.371. The van der Waals surface area contributed by atoms with E-state index >= 15 is 0 Å². The average Bonchev–Trinajstić information content (AvgIpc) is 2.79. The highest BCUT2D eigenvalue weighted by Crippen LogP contribution is 2.37. The molecule has 0 aromatic carbocycles. The lowest BCUT2D eigenvalue weighted by Crippen LogP contribution is -2.43. The van der Waals surface area contributed by atoms with Crippen molar-refractivity contribution in [2.75, 3.05) is 11.9 Å². The number of aromatic nitrogens is 1. The molecule has 1 amide bonds. The van der Waals surface area contributed by atoms with E-state index in [1.807, 2.05) is 6.92 Å². The topological polar surface area (TPSA) is 68.0 Å². The summed E-state index contributed by atoms with van der Waals surface area (Å²) in [4.78, 5) is 18.2. The number of carbonyl (C=O) groups is 1. The Morgan fingerprint density at radius 1 is 1.42 bits per heavy atom. The molecule has 1 aliphatic carbocycles. The smallest absolute Gasteiger partial charge is 0.233 e. The molecule has 4 nitrogen and oxygen atoms in total. The molecule has 1 aromatic heterocycles. The Labute approximate surface area is 118 Å². The lowest BCUT2D eigenvalue weighted by molar-refractivity contribution is -0.126. The zero-order chi connectivity index (χ0) is 13.9. The number of hydrogen-bond acceptors (Lipinski definition) is 4. The van der Waals surface area contributed by atoms with Gasteiger partial charge in [0.25, 0.3) is 0 Å². The molecule has 0 aliphatic heterocycles. The van der Waals surface area contributed by atoms with E-state index in [0.717, 1.165) is 42.9 Å². The summed E-state index contributed by atoms with van der Waals surface area (Å²) in [7, 11) is 0. The third-order valence-electron chi connectivity index (χ3n) is 4.13. The van der Waals surface area contributed by atoms with Crippen molar-refractivity contribution in [3.63, 3.8) is 0 Å². The minimum Gasteiger partial charge on any atom is -0.329 e. The van der Waals surface area contributed by atoms with Gasteiger partial charge in [-0.2, -0.15) is 0 Å². The quantitative estimate of drug-likeness (QED) is 0.891. The van der Waals surface area contributed by atoms with Crippen LogP contribution in [0.5, 0.6) is 0 Å². The first-order valence-corrected chi connectivity index (χ1v) is 7.91. The number of rotatable bonds is 4. The first-order valence-electron chi connectivity index (χ1n) is 7.09. The summed E-state index contributed by atoms with van der Waals surface area (Å²) < 4.78 is 0. The van der Waals surface area contributed by atoms with E-state index in [9.17, 15) is 4.79 Å². The molecule has 2 rings (SSSR count). The average molecular weight is 281 g/mol. The van der Waals surface area contributed by atoms with Crippen molar-refractivity contribution in [2.45, 2.75) is 52.4 Å². The number of carbonyl (C=O) groups excluding carboxylic acids is 1. The van der Waals surface area contributed by atoms with Crippen LogP contribution in [0.1, 0.15) is 49.6 Å². The van der Waals surface area contributed by atoms with E-state index in [4.69, 9.17) is 5.73 Å². The SMILES string of the molecule is CCc1nc(NC(=O)C2(CN)CCCCC2)sc1C. The molecule has 1 saturated carbocycles. The Kier molecular flexibility index (Phi) is 4.58. The van der Waals surface area contributed by atoms with Gasteiger partial charge in [-0.3, -0.25) is 4.79 Å². The summed E-state index contributed by atoms with van der Waals surface area (Å²) in [6.07, 6.45) is 6.12. The predicted molar refractivity (Wildman–Crippen MR) is 79.4 cm³/mol. The molecule has 1 heterocycles. The fourth-order valence-corrected chi connectivity index (χ4v) is 3.69. The maximum absolute atomic E-state index is 12.5. The lowest BCUT2D eigenvalue weighted by Gasteiger charge is -2.34. The monoisotopic (exact) mass is 281 g/mol. The molecule has 106 valence electrons. The van der Waals surface area contributed by atoms with Gasteiger partial charge in [-0.15, -0.1) is 11.3 Å². The number of nitrogens with two attached hydrogens (primary N) is 1. The van der Waals surface area contributed by atoms with Crippen LogP contribution in [0.4, 0.5) is 5.13 Å². The van der Waals surface area contributed by atoms with E-state index < -0.39 is 0 Å². The second-order valence-corrected chi connectivity index (χ2v) is 6.58. The van der Waals surface area contributed by atoms with Crippen LogP contribution in [-0.2, 0) is 11.2 Å². The van der Waals surface area contributed by atoms with E-state index in [1.54, 1.807) is 11.3 Å². The van der Waals surface area contributed by atoms with Gasteiger partial charge in [-0.05, 0) is 26.2 Å². The number of hydrogen-bond donors (Lipinski definition) is 2. The third-order valence-corrected chi connectivity index (χ3v) is 5.06. The first-order chi connectivity index (χ1) is 9.11. The van der Waals surface area contributed by atoms with Crippen molar-refractivity contribution in [1.29, 1.82) is 0 Å². The summed E-state index contributed by atoms with van der Waals surface area (Å²) in [6.45, 7) is 4.56. The zero-order valence-corrected chi connectivity index (χ0v) is 12.6. The number of nitrogens with one attached hydrogen (secondary N) is 1. The molecule has 1 fully saturated rings. The fraction of sp³-hybridized carbons (Fsp3) is 0.714. The molecule has 0 saturated heterocycles. The van der Waals surface area contributed by atoms with Gasteiger partial charge in [-0.25, -0.2) is 4.98 Å². The first kappa shape index (κ1) is 14.5. The van der Waals surface area contributed by atoms with Crippen LogP contribution >= 0.6 is 11.3 Å². The largest absolute Gasteiger partial charge is 0.329 e. The Hall–Kier alpha value is -0.940. The van der Waals surface area contributed by atoms with Gasteiger partial charge in [0, 0.05) is 11.4 Å². The molecule has 0 atom stereocenters. The summed E-state index contributed by atoms with van der Waals surface area (Å²) >= 11 is 1.56. The number of nitrogens with zero attached hydrogens (tertiary/aromatic N) is 1. The van der Waals surface area contributed by atoms with Crippen LogP contribution in [-0.4, -0.2) is 17.4 Å². The van der Waals surface area contributed by atoms with Gasteiger partial charge in [0.1, 0.15) is 0 Å². The van der Waals surface area contributed by atoms with Gasteiger partial charge in [0.05, 0.1) is 11.1 Å². The van der Waals surface area contributed by atoms with E-state index in [2.05, 4.69) is 17.2 Å². The van der Waals surface area contributed by atoms with Crippen LogP contribution in [0.3, 0.4) is 0 Å². The fourth-order valence-electron chi connectivity index (χ4n) is 2.79. The van der Waals surface area contributed by atoms with Crippen LogP contribution in [0.15, 0.2) is 0 Å². The lowest BCUT2D eigenvalue weighted by atomic mass is 9.73. The maximum atomic E-state index is 12.5. The Morgan fingerprint density at radius 3 is 2.63 bits per heavy atom. The summed E-state index contributed by atoms with van der Waals surface area (Å²) in [5.41, 5.74) is 6.58. The second-order valence-electron chi connectivity index (χ2n) is 5.37. The Balaban J connectivity index is 2.10. The van der Waals surface area contributed by atoms with E-state index in [1.165, 1.54) is 11.3 Å². The molecule has 0 unspecified atom stereocenters. The highest BCUT2D eigenvalue weighted by Gasteiger charge is 2.38. The van der Waals surface area contributed by atoms with Gasteiger partial charge in [-0.1, -0.05) is 26.2 Å². The van der Waals surface area contributed by atoms with Crippen molar-refractivity contribution in [1.82, 2.24) is 4.98 Å². The molecule has 1 aliphatic rings. The molecular weight excluding hydrogens is 258 g/mol. The molecule has 0 radical (unpaired) electrons. The summed E-state index contributed by atoms with van der Waals surface area (Å²) in [5.74, 6) is 0.0612. The Morgan fingerprint density at radius 2 is 2.11 bits per heavy atom. The standard InChI is InChI=1S/C14H23N3OS/c1-3-11-10(2)19-13(16-11)17-12(18)14(9-15)7-5-4-6-8-14/h3-9,15H2,1-2H3,(H,16,17,18). The van der Waals surface area contributed by atoms with Crippen molar-refractivity contribution in [3.05, 3.63) is 10.6 Å². The van der Waals surface area contributed by atoms with Crippen LogP contribution in [0.2, 0.25) is 0 Å². The van der Waals surface area contributed by atoms with Crippen LogP contribution in [0.25, 0.3) is 0 Å². The maximum Gasteiger partial charge on any atom is 0.233 e. The molecule has 0 bridgehead atoms. The molecule has 5 heteroatoms. The summed E-state index contributed by atoms with van der Waals surface area (Å²) in [6, 6.07) is 0. The van der Waals surface area contributed by atoms with E-state index in [0.29, 0.717) is 6.54 Å². The molecule has 19 heavy (non-hydrogen) atoms.